The minimum atomic E-state index is 0.123. The molecule has 0 aliphatic rings. The number of nitrogen functional groups attached to an aromatic ring is 1. The number of hydrogen-bond donors (Lipinski definition) is 1. The molecular formula is C9H16ClN5. The van der Waals surface area contributed by atoms with Crippen molar-refractivity contribution in [3.8, 4) is 0 Å². The van der Waals surface area contributed by atoms with Crippen molar-refractivity contribution in [2.45, 2.75) is 20.8 Å². The van der Waals surface area contributed by atoms with Gasteiger partial charge in [0.1, 0.15) is 0 Å². The second-order valence-corrected chi connectivity index (χ2v) is 5.02. The maximum Gasteiger partial charge on any atom is 0.231 e. The van der Waals surface area contributed by atoms with Gasteiger partial charge in [-0.15, -0.1) is 0 Å². The van der Waals surface area contributed by atoms with Crippen molar-refractivity contribution in [3.63, 3.8) is 0 Å². The molecule has 0 atom stereocenters. The van der Waals surface area contributed by atoms with Gasteiger partial charge in [-0.05, 0) is 17.0 Å². The van der Waals surface area contributed by atoms with Gasteiger partial charge in [0.15, 0.2) is 0 Å². The van der Waals surface area contributed by atoms with Crippen LogP contribution in [0.15, 0.2) is 0 Å². The minimum absolute atomic E-state index is 0.123. The third-order valence-electron chi connectivity index (χ3n) is 1.67. The normalized spacial score (nSPS) is 11.5. The summed E-state index contributed by atoms with van der Waals surface area (Å²) in [6, 6.07) is 0. The average molecular weight is 230 g/mol. The lowest BCUT2D eigenvalue weighted by Gasteiger charge is -2.26. The molecular weight excluding hydrogens is 214 g/mol. The number of aromatic nitrogens is 3. The molecule has 0 aromatic carbocycles. The summed E-state index contributed by atoms with van der Waals surface area (Å²) in [5.41, 5.74) is 5.64. The molecule has 0 bridgehead atoms. The van der Waals surface area contributed by atoms with Crippen LogP contribution in [0.25, 0.3) is 0 Å². The van der Waals surface area contributed by atoms with Crippen molar-refractivity contribution in [3.05, 3.63) is 5.28 Å². The Bertz CT molecular complexity index is 327. The lowest BCUT2D eigenvalue weighted by Crippen LogP contribution is -2.30. The van der Waals surface area contributed by atoms with E-state index in [0.717, 1.165) is 6.54 Å². The molecule has 0 spiro atoms. The second-order valence-electron chi connectivity index (χ2n) is 4.68. The van der Waals surface area contributed by atoms with Crippen molar-refractivity contribution in [1.29, 1.82) is 0 Å². The summed E-state index contributed by atoms with van der Waals surface area (Å²) < 4.78 is 0. The van der Waals surface area contributed by atoms with Crippen LogP contribution in [0.2, 0.25) is 5.28 Å². The summed E-state index contributed by atoms with van der Waals surface area (Å²) in [7, 11) is 1.90. The summed E-state index contributed by atoms with van der Waals surface area (Å²) in [4.78, 5) is 13.6. The Morgan fingerprint density at radius 3 is 2.33 bits per heavy atom. The van der Waals surface area contributed by atoms with E-state index in [1.807, 2.05) is 11.9 Å². The Balaban J connectivity index is 2.86. The highest BCUT2D eigenvalue weighted by Gasteiger charge is 2.16. The zero-order valence-corrected chi connectivity index (χ0v) is 10.2. The van der Waals surface area contributed by atoms with Gasteiger partial charge in [-0.25, -0.2) is 0 Å². The van der Waals surface area contributed by atoms with E-state index in [-0.39, 0.29) is 16.6 Å². The van der Waals surface area contributed by atoms with E-state index in [9.17, 15) is 0 Å². The number of rotatable bonds is 2. The Kier molecular flexibility index (Phi) is 3.34. The summed E-state index contributed by atoms with van der Waals surface area (Å²) in [5.74, 6) is 0.646. The molecule has 2 N–H and O–H groups in total. The first-order valence-corrected chi connectivity index (χ1v) is 5.04. The fourth-order valence-corrected chi connectivity index (χ4v) is 1.47. The predicted molar refractivity (Wildman–Crippen MR) is 62.0 cm³/mol. The number of anilines is 2. The molecule has 0 saturated heterocycles. The highest BCUT2D eigenvalue weighted by molar-refractivity contribution is 6.28. The van der Waals surface area contributed by atoms with Crippen LogP contribution in [-0.4, -0.2) is 28.5 Å². The summed E-state index contributed by atoms with van der Waals surface area (Å²) >= 11 is 5.70. The fraction of sp³-hybridized carbons (Fsp3) is 0.667. The largest absolute Gasteiger partial charge is 0.368 e. The average Bonchev–Trinajstić information content (AvgIpc) is 1.98. The van der Waals surface area contributed by atoms with Crippen LogP contribution < -0.4 is 10.6 Å². The summed E-state index contributed by atoms with van der Waals surface area (Å²) in [5, 5.41) is 0.123. The zero-order chi connectivity index (χ0) is 11.6. The Hall–Kier alpha value is -1.10. The molecule has 0 amide bonds. The van der Waals surface area contributed by atoms with Crippen molar-refractivity contribution >= 4 is 23.5 Å². The van der Waals surface area contributed by atoms with Crippen LogP contribution in [-0.2, 0) is 0 Å². The highest BCUT2D eigenvalue weighted by Crippen LogP contribution is 2.18. The lowest BCUT2D eigenvalue weighted by molar-refractivity contribution is 0.416. The van der Waals surface area contributed by atoms with Crippen LogP contribution in [0.5, 0.6) is 0 Å². The quantitative estimate of drug-likeness (QED) is 0.834. The lowest BCUT2D eigenvalue weighted by atomic mass is 9.96. The van der Waals surface area contributed by atoms with E-state index in [1.54, 1.807) is 0 Å². The van der Waals surface area contributed by atoms with Gasteiger partial charge in [0.05, 0.1) is 0 Å². The highest BCUT2D eigenvalue weighted by atomic mass is 35.5. The maximum absolute atomic E-state index is 5.70. The SMILES string of the molecule is CN(CC(C)(C)C)c1nc(N)nc(Cl)n1. The minimum Gasteiger partial charge on any atom is -0.368 e. The molecule has 5 nitrogen and oxygen atoms in total. The van der Waals surface area contributed by atoms with E-state index in [1.165, 1.54) is 0 Å². The van der Waals surface area contributed by atoms with Crippen molar-refractivity contribution < 1.29 is 0 Å². The van der Waals surface area contributed by atoms with E-state index in [2.05, 4.69) is 35.7 Å². The molecule has 84 valence electrons. The molecule has 0 aliphatic carbocycles. The number of halogens is 1. The monoisotopic (exact) mass is 229 g/mol. The van der Waals surface area contributed by atoms with Gasteiger partial charge in [-0.2, -0.15) is 15.0 Å². The standard InChI is InChI=1S/C9H16ClN5/c1-9(2,3)5-15(4)8-13-6(10)12-7(11)14-8/h5H2,1-4H3,(H2,11,12,13,14). The first-order chi connectivity index (χ1) is 6.78. The molecule has 1 aromatic heterocycles. The van der Waals surface area contributed by atoms with Gasteiger partial charge < -0.3 is 10.6 Å². The first kappa shape index (κ1) is 12.0. The smallest absolute Gasteiger partial charge is 0.231 e. The molecule has 0 radical (unpaired) electrons. The summed E-state index contributed by atoms with van der Waals surface area (Å²) in [6.45, 7) is 7.22. The maximum atomic E-state index is 5.70. The molecule has 0 unspecified atom stereocenters. The molecule has 1 heterocycles. The van der Waals surface area contributed by atoms with Crippen LogP contribution in [0, 0.1) is 5.41 Å². The molecule has 0 saturated carbocycles. The molecule has 1 aromatic rings. The van der Waals surface area contributed by atoms with Gasteiger partial charge in [0.25, 0.3) is 0 Å². The van der Waals surface area contributed by atoms with E-state index < -0.39 is 0 Å². The van der Waals surface area contributed by atoms with Crippen molar-refractivity contribution in [2.75, 3.05) is 24.2 Å². The molecule has 1 rings (SSSR count). The predicted octanol–water partition coefficient (Wildman–Crippen LogP) is 1.59. The van der Waals surface area contributed by atoms with Gasteiger partial charge in [-0.1, -0.05) is 20.8 Å². The van der Waals surface area contributed by atoms with Gasteiger partial charge in [-0.3, -0.25) is 0 Å². The number of hydrogen-bond acceptors (Lipinski definition) is 5. The van der Waals surface area contributed by atoms with Crippen molar-refractivity contribution in [2.24, 2.45) is 5.41 Å². The number of nitrogens with two attached hydrogens (primary N) is 1. The molecule has 15 heavy (non-hydrogen) atoms. The van der Waals surface area contributed by atoms with Gasteiger partial charge in [0, 0.05) is 13.6 Å². The van der Waals surface area contributed by atoms with Crippen LogP contribution >= 0.6 is 11.6 Å². The van der Waals surface area contributed by atoms with Gasteiger partial charge in [0.2, 0.25) is 17.2 Å². The van der Waals surface area contributed by atoms with E-state index in [4.69, 9.17) is 17.3 Å². The molecule has 0 aliphatic heterocycles. The fourth-order valence-electron chi connectivity index (χ4n) is 1.31. The third-order valence-corrected chi connectivity index (χ3v) is 1.84. The molecule has 6 heteroatoms. The van der Waals surface area contributed by atoms with Crippen LogP contribution in [0.1, 0.15) is 20.8 Å². The summed E-state index contributed by atoms with van der Waals surface area (Å²) in [6.07, 6.45) is 0. The van der Waals surface area contributed by atoms with Crippen LogP contribution in [0.4, 0.5) is 11.9 Å². The van der Waals surface area contributed by atoms with Gasteiger partial charge >= 0.3 is 0 Å². The van der Waals surface area contributed by atoms with Crippen molar-refractivity contribution in [1.82, 2.24) is 15.0 Å². The number of nitrogens with zero attached hydrogens (tertiary/aromatic N) is 4. The topological polar surface area (TPSA) is 67.9 Å². The van der Waals surface area contributed by atoms with Crippen LogP contribution in [0.3, 0.4) is 0 Å². The third kappa shape index (κ3) is 3.87. The molecule has 0 fully saturated rings. The Morgan fingerprint density at radius 1 is 1.27 bits per heavy atom. The van der Waals surface area contributed by atoms with E-state index in [0.29, 0.717) is 5.95 Å². The van der Waals surface area contributed by atoms with E-state index >= 15 is 0 Å². The Morgan fingerprint density at radius 2 is 1.87 bits per heavy atom. The zero-order valence-electron chi connectivity index (χ0n) is 9.45. The Labute approximate surface area is 94.7 Å². The first-order valence-electron chi connectivity index (χ1n) is 4.66. The second kappa shape index (κ2) is 4.18.